The number of rotatable bonds is 13. The first kappa shape index (κ1) is 19.7. The predicted octanol–water partition coefficient (Wildman–Crippen LogP) is 1.08. The Morgan fingerprint density at radius 2 is 1.42 bits per heavy atom. The second-order valence-electron chi connectivity index (χ2n) is 5.06. The van der Waals surface area contributed by atoms with E-state index >= 15 is 0 Å². The molecular formula is C16H22N7O3+. The number of hydrogen-bond acceptors (Lipinski definition) is 9. The van der Waals surface area contributed by atoms with Gasteiger partial charge in [0.05, 0.1) is 39.6 Å². The van der Waals surface area contributed by atoms with Crippen molar-refractivity contribution in [2.75, 3.05) is 46.2 Å². The minimum absolute atomic E-state index is 0.394. The number of benzene rings is 1. The third kappa shape index (κ3) is 7.95. The molecule has 26 heavy (non-hydrogen) atoms. The molecule has 10 heteroatoms. The van der Waals surface area contributed by atoms with E-state index in [1.165, 1.54) is 0 Å². The Morgan fingerprint density at radius 3 is 2.08 bits per heavy atom. The van der Waals surface area contributed by atoms with E-state index in [9.17, 15) is 0 Å². The first-order valence-electron chi connectivity index (χ1n) is 8.28. The molecule has 0 aliphatic rings. The first-order valence-corrected chi connectivity index (χ1v) is 8.28. The highest BCUT2D eigenvalue weighted by atomic mass is 16.5. The average molecular weight is 360 g/mol. The van der Waals surface area contributed by atoms with Gasteiger partial charge in [0.2, 0.25) is 10.7 Å². The fraction of sp³-hybridized carbons (Fsp3) is 0.500. The van der Waals surface area contributed by atoms with Gasteiger partial charge in [0.25, 0.3) is 0 Å². The Labute approximate surface area is 151 Å². The van der Waals surface area contributed by atoms with Gasteiger partial charge in [0, 0.05) is 12.0 Å². The average Bonchev–Trinajstić information content (AvgIpc) is 2.70. The van der Waals surface area contributed by atoms with Crippen LogP contribution in [0, 0.1) is 5.53 Å². The van der Waals surface area contributed by atoms with Gasteiger partial charge in [0.15, 0.2) is 5.82 Å². The van der Waals surface area contributed by atoms with E-state index in [0.717, 1.165) is 5.56 Å². The summed E-state index contributed by atoms with van der Waals surface area (Å²) in [5.74, 6) is 1.05. The molecule has 0 radical (unpaired) electrons. The largest absolute Gasteiger partial charge is 0.379 e. The summed E-state index contributed by atoms with van der Waals surface area (Å²) in [7, 11) is 0. The summed E-state index contributed by atoms with van der Waals surface area (Å²) in [5.41, 5.74) is 7.37. The molecule has 0 fully saturated rings. The first-order chi connectivity index (χ1) is 12.9. The molecule has 0 atom stereocenters. The van der Waals surface area contributed by atoms with Crippen LogP contribution in [0.15, 0.2) is 35.4 Å². The Balaban J connectivity index is 1.49. The lowest BCUT2D eigenvalue weighted by Crippen LogP contribution is -2.12. The number of nitrogens with zero attached hydrogens (tertiary/aromatic N) is 6. The van der Waals surface area contributed by atoms with Crippen LogP contribution in [0.1, 0.15) is 5.82 Å². The zero-order valence-electron chi connectivity index (χ0n) is 14.5. The van der Waals surface area contributed by atoms with Crippen LogP contribution >= 0.6 is 0 Å². The van der Waals surface area contributed by atoms with Crippen molar-refractivity contribution >= 4 is 0 Å². The summed E-state index contributed by atoms with van der Waals surface area (Å²) in [5, 5.41) is 19.8. The summed E-state index contributed by atoms with van der Waals surface area (Å²) < 4.78 is 16.1. The van der Waals surface area contributed by atoms with Gasteiger partial charge in [-0.1, -0.05) is 30.3 Å². The van der Waals surface area contributed by atoms with Gasteiger partial charge in [-0.2, -0.15) is 0 Å². The van der Waals surface area contributed by atoms with Crippen LogP contribution < -0.4 is 4.91 Å². The molecule has 2 aromatic rings. The molecule has 0 unspecified atom stereocenters. The number of nitrogens with one attached hydrogen (secondary N) is 1. The van der Waals surface area contributed by atoms with Crippen LogP contribution in [0.3, 0.4) is 0 Å². The molecule has 2 rings (SSSR count). The van der Waals surface area contributed by atoms with Gasteiger partial charge >= 0.3 is 0 Å². The Bertz CT molecular complexity index is 663. The van der Waals surface area contributed by atoms with Gasteiger partial charge in [-0.3, -0.25) is 0 Å². The molecule has 0 saturated carbocycles. The van der Waals surface area contributed by atoms with E-state index in [4.69, 9.17) is 19.7 Å². The Morgan fingerprint density at radius 1 is 0.808 bits per heavy atom. The molecule has 0 saturated heterocycles. The minimum atomic E-state index is 0.394. The Hall–Kier alpha value is -2.65. The Kier molecular flexibility index (Phi) is 9.59. The van der Waals surface area contributed by atoms with E-state index in [-0.39, 0.29) is 0 Å². The topological polar surface area (TPSA) is 130 Å². The number of hydrogen-bond donors (Lipinski definition) is 1. The van der Waals surface area contributed by atoms with Crippen molar-refractivity contribution in [2.45, 2.75) is 6.42 Å². The van der Waals surface area contributed by atoms with Crippen molar-refractivity contribution in [3.63, 3.8) is 0 Å². The fourth-order valence-corrected chi connectivity index (χ4v) is 1.91. The minimum Gasteiger partial charge on any atom is -0.379 e. The molecule has 10 nitrogen and oxygen atoms in total. The van der Waals surface area contributed by atoms with Crippen molar-refractivity contribution < 1.29 is 14.2 Å². The van der Waals surface area contributed by atoms with Crippen LogP contribution in [0.2, 0.25) is 0 Å². The van der Waals surface area contributed by atoms with Crippen molar-refractivity contribution in [1.82, 2.24) is 25.3 Å². The van der Waals surface area contributed by atoms with Crippen molar-refractivity contribution in [2.24, 2.45) is 5.11 Å². The predicted molar refractivity (Wildman–Crippen MR) is 91.4 cm³/mol. The lowest BCUT2D eigenvalue weighted by molar-refractivity contribution is 0.0162. The molecule has 0 aliphatic carbocycles. The quantitative estimate of drug-likeness (QED) is 0.321. The van der Waals surface area contributed by atoms with E-state index in [2.05, 4.69) is 30.4 Å². The van der Waals surface area contributed by atoms with Crippen molar-refractivity contribution in [3.8, 4) is 11.4 Å². The van der Waals surface area contributed by atoms with Crippen LogP contribution in [-0.2, 0) is 20.6 Å². The van der Waals surface area contributed by atoms with Gasteiger partial charge in [-0.05, 0) is 0 Å². The highest BCUT2D eigenvalue weighted by molar-refractivity contribution is 5.52. The molecule has 0 bridgehead atoms. The normalized spacial score (nSPS) is 10.5. The van der Waals surface area contributed by atoms with Gasteiger partial charge < -0.3 is 14.2 Å². The van der Waals surface area contributed by atoms with Crippen LogP contribution in [0.25, 0.3) is 11.4 Å². The number of ether oxygens (including phenoxy) is 3. The molecule has 1 aromatic heterocycles. The van der Waals surface area contributed by atoms with E-state index < -0.39 is 0 Å². The van der Waals surface area contributed by atoms with E-state index in [1.54, 1.807) is 0 Å². The molecule has 1 heterocycles. The SMILES string of the molecule is N=[N+]=NCCOCCOCCOCCc1nnc(-c2ccccc2)nn1. The maximum Gasteiger partial charge on any atom is 0.214 e. The number of aromatic nitrogens is 4. The fourth-order valence-electron chi connectivity index (χ4n) is 1.91. The van der Waals surface area contributed by atoms with Crippen LogP contribution in [0.4, 0.5) is 0 Å². The standard InChI is InChI=1S/C16H22N7O3/c17-23-18-7-9-25-11-13-26-12-10-24-8-6-15-19-21-16(22-20-15)14-4-2-1-3-5-14/h1-5,17H,6-13H2/q+1. The van der Waals surface area contributed by atoms with E-state index in [1.807, 2.05) is 30.3 Å². The third-order valence-electron chi connectivity index (χ3n) is 3.17. The molecule has 138 valence electrons. The van der Waals surface area contributed by atoms with E-state index in [0.29, 0.717) is 64.3 Å². The highest BCUT2D eigenvalue weighted by Crippen LogP contribution is 2.10. The molecular weight excluding hydrogens is 338 g/mol. The summed E-state index contributed by atoms with van der Waals surface area (Å²) in [6.45, 7) is 3.24. The summed E-state index contributed by atoms with van der Waals surface area (Å²) in [4.78, 5) is 2.88. The molecule has 0 amide bonds. The summed E-state index contributed by atoms with van der Waals surface area (Å²) >= 11 is 0. The van der Waals surface area contributed by atoms with Gasteiger partial charge in [0.1, 0.15) is 17.2 Å². The zero-order valence-corrected chi connectivity index (χ0v) is 14.5. The maximum absolute atomic E-state index is 6.48. The van der Waals surface area contributed by atoms with Crippen LogP contribution in [-0.4, -0.2) is 66.6 Å². The molecule has 0 spiro atoms. The summed E-state index contributed by atoms with van der Waals surface area (Å²) in [6, 6.07) is 9.59. The van der Waals surface area contributed by atoms with Crippen molar-refractivity contribution in [3.05, 3.63) is 36.2 Å². The van der Waals surface area contributed by atoms with Gasteiger partial charge in [-0.25, -0.2) is 0 Å². The van der Waals surface area contributed by atoms with Crippen LogP contribution in [0.5, 0.6) is 0 Å². The van der Waals surface area contributed by atoms with Gasteiger partial charge in [-0.15, -0.1) is 20.4 Å². The second-order valence-corrected chi connectivity index (χ2v) is 5.06. The zero-order chi connectivity index (χ0) is 18.3. The smallest absolute Gasteiger partial charge is 0.214 e. The summed E-state index contributed by atoms with van der Waals surface area (Å²) in [6.07, 6.45) is 0.544. The van der Waals surface area contributed by atoms with Crippen molar-refractivity contribution in [1.29, 1.82) is 5.53 Å². The molecule has 0 aliphatic heterocycles. The third-order valence-corrected chi connectivity index (χ3v) is 3.17. The molecule has 1 aromatic carbocycles. The maximum atomic E-state index is 6.48. The lowest BCUT2D eigenvalue weighted by atomic mass is 10.2. The lowest BCUT2D eigenvalue weighted by Gasteiger charge is -2.05. The highest BCUT2D eigenvalue weighted by Gasteiger charge is 2.04. The molecule has 1 N–H and O–H groups in total. The second kappa shape index (κ2) is 12.7. The monoisotopic (exact) mass is 360 g/mol.